The molecule has 3 aromatic rings. The number of carbonyl (C=O) groups excluding carboxylic acids is 2. The van der Waals surface area contributed by atoms with Gasteiger partial charge in [0.25, 0.3) is 0 Å². The molecule has 0 spiro atoms. The van der Waals surface area contributed by atoms with E-state index in [1.165, 1.54) is 16.9 Å². The molecule has 1 aromatic heterocycles. The lowest BCUT2D eigenvalue weighted by Gasteiger charge is -2.08. The van der Waals surface area contributed by atoms with Crippen LogP contribution in [0.1, 0.15) is 23.2 Å². The summed E-state index contributed by atoms with van der Waals surface area (Å²) >= 11 is 1.46. The number of esters is 1. The lowest BCUT2D eigenvalue weighted by molar-refractivity contribution is -0.145. The maximum Gasteiger partial charge on any atom is 0.344 e. The summed E-state index contributed by atoms with van der Waals surface area (Å²) in [6.07, 6.45) is 0.148. The molecule has 2 aromatic carbocycles. The second-order valence-corrected chi connectivity index (χ2v) is 7.62. The first-order chi connectivity index (χ1) is 15.0. The molecule has 0 aliphatic rings. The molecular weight excluding hydrogens is 416 g/mol. The van der Waals surface area contributed by atoms with Crippen LogP contribution in [-0.4, -0.2) is 30.1 Å². The molecule has 0 atom stereocenters. The van der Waals surface area contributed by atoms with Gasteiger partial charge in [-0.05, 0) is 38.1 Å². The average Bonchev–Trinajstić information content (AvgIpc) is 3.19. The van der Waals surface area contributed by atoms with E-state index in [-0.39, 0.29) is 18.9 Å². The Morgan fingerprint density at radius 2 is 1.87 bits per heavy atom. The van der Waals surface area contributed by atoms with Crippen LogP contribution in [0, 0.1) is 6.92 Å². The zero-order chi connectivity index (χ0) is 22.1. The van der Waals surface area contributed by atoms with Gasteiger partial charge in [-0.3, -0.25) is 4.79 Å². The third-order valence-corrected chi connectivity index (χ3v) is 4.98. The fourth-order valence-electron chi connectivity index (χ4n) is 2.65. The predicted octanol–water partition coefficient (Wildman–Crippen LogP) is 4.15. The zero-order valence-electron chi connectivity index (χ0n) is 17.4. The van der Waals surface area contributed by atoms with Crippen LogP contribution in [-0.2, 0) is 27.4 Å². The monoisotopic (exact) mass is 440 g/mol. The van der Waals surface area contributed by atoms with Gasteiger partial charge in [0.05, 0.1) is 18.7 Å². The number of aromatic nitrogens is 1. The Morgan fingerprint density at radius 3 is 2.65 bits per heavy atom. The number of ether oxygens (including phenoxy) is 3. The molecule has 0 fully saturated rings. The van der Waals surface area contributed by atoms with Gasteiger partial charge in [0, 0.05) is 17.1 Å². The largest absolute Gasteiger partial charge is 0.486 e. The Kier molecular flexibility index (Phi) is 8.00. The molecule has 0 radical (unpaired) electrons. The van der Waals surface area contributed by atoms with Gasteiger partial charge in [-0.2, -0.15) is 0 Å². The third-order valence-electron chi connectivity index (χ3n) is 4.10. The first-order valence-electron chi connectivity index (χ1n) is 9.83. The SMILES string of the molecule is CCOC(=O)COc1cccc(NC(=O)Cc2csc(COc3ccc(C)cc3)n2)c1. The van der Waals surface area contributed by atoms with Crippen molar-refractivity contribution in [3.63, 3.8) is 0 Å². The van der Waals surface area contributed by atoms with Crippen LogP contribution in [0.3, 0.4) is 0 Å². The highest BCUT2D eigenvalue weighted by Crippen LogP contribution is 2.19. The van der Waals surface area contributed by atoms with Gasteiger partial charge in [-0.25, -0.2) is 9.78 Å². The van der Waals surface area contributed by atoms with E-state index in [9.17, 15) is 9.59 Å². The average molecular weight is 441 g/mol. The minimum Gasteiger partial charge on any atom is -0.486 e. The van der Waals surface area contributed by atoms with Crippen LogP contribution in [0.4, 0.5) is 5.69 Å². The van der Waals surface area contributed by atoms with Gasteiger partial charge in [0.1, 0.15) is 23.1 Å². The molecule has 7 nitrogen and oxygen atoms in total. The topological polar surface area (TPSA) is 86.8 Å². The molecule has 0 saturated heterocycles. The van der Waals surface area contributed by atoms with E-state index in [0.29, 0.717) is 30.3 Å². The molecule has 0 aliphatic carbocycles. The van der Waals surface area contributed by atoms with Crippen LogP contribution >= 0.6 is 11.3 Å². The van der Waals surface area contributed by atoms with E-state index >= 15 is 0 Å². The number of nitrogens with zero attached hydrogens (tertiary/aromatic N) is 1. The summed E-state index contributed by atoms with van der Waals surface area (Å²) < 4.78 is 15.9. The Bertz CT molecular complexity index is 1020. The van der Waals surface area contributed by atoms with Crippen molar-refractivity contribution >= 4 is 28.9 Å². The Morgan fingerprint density at radius 1 is 1.06 bits per heavy atom. The third kappa shape index (κ3) is 7.42. The maximum atomic E-state index is 12.4. The number of carbonyl (C=O) groups is 2. The number of benzene rings is 2. The van der Waals surface area contributed by atoms with E-state index in [0.717, 1.165) is 10.8 Å². The summed E-state index contributed by atoms with van der Waals surface area (Å²) in [7, 11) is 0. The first-order valence-corrected chi connectivity index (χ1v) is 10.7. The lowest BCUT2D eigenvalue weighted by Crippen LogP contribution is -2.16. The van der Waals surface area contributed by atoms with Crippen molar-refractivity contribution in [1.82, 2.24) is 4.98 Å². The minimum absolute atomic E-state index is 0.148. The maximum absolute atomic E-state index is 12.4. The summed E-state index contributed by atoms with van der Waals surface area (Å²) in [6, 6.07) is 14.7. The second kappa shape index (κ2) is 11.1. The van der Waals surface area contributed by atoms with Gasteiger partial charge >= 0.3 is 5.97 Å². The van der Waals surface area contributed by atoms with E-state index < -0.39 is 5.97 Å². The minimum atomic E-state index is -0.442. The smallest absolute Gasteiger partial charge is 0.344 e. The Balaban J connectivity index is 1.48. The van der Waals surface area contributed by atoms with E-state index in [2.05, 4.69) is 10.3 Å². The van der Waals surface area contributed by atoms with Gasteiger partial charge in [-0.1, -0.05) is 23.8 Å². The van der Waals surface area contributed by atoms with Crippen molar-refractivity contribution in [1.29, 1.82) is 0 Å². The number of aryl methyl sites for hydroxylation is 1. The Labute approximate surface area is 185 Å². The van der Waals surface area contributed by atoms with Crippen molar-refractivity contribution in [3.8, 4) is 11.5 Å². The molecule has 8 heteroatoms. The van der Waals surface area contributed by atoms with Crippen molar-refractivity contribution in [2.75, 3.05) is 18.5 Å². The van der Waals surface area contributed by atoms with Gasteiger partial charge < -0.3 is 19.5 Å². The highest BCUT2D eigenvalue weighted by Gasteiger charge is 2.10. The number of amides is 1. The molecule has 1 N–H and O–H groups in total. The molecule has 1 amide bonds. The summed E-state index contributed by atoms with van der Waals surface area (Å²) in [6.45, 7) is 4.23. The quantitative estimate of drug-likeness (QED) is 0.477. The van der Waals surface area contributed by atoms with Crippen molar-refractivity contribution in [2.24, 2.45) is 0 Å². The number of nitrogens with one attached hydrogen (secondary N) is 1. The predicted molar refractivity (Wildman–Crippen MR) is 119 cm³/mol. The number of thiazole rings is 1. The molecule has 0 aliphatic heterocycles. The normalized spacial score (nSPS) is 10.4. The van der Waals surface area contributed by atoms with Crippen LogP contribution in [0.5, 0.6) is 11.5 Å². The van der Waals surface area contributed by atoms with Crippen LogP contribution < -0.4 is 14.8 Å². The molecule has 1 heterocycles. The van der Waals surface area contributed by atoms with Crippen molar-refractivity contribution in [2.45, 2.75) is 26.9 Å². The molecule has 162 valence electrons. The second-order valence-electron chi connectivity index (χ2n) is 6.68. The molecular formula is C23H24N2O5S. The highest BCUT2D eigenvalue weighted by molar-refractivity contribution is 7.09. The molecule has 3 rings (SSSR count). The lowest BCUT2D eigenvalue weighted by atomic mass is 10.2. The van der Waals surface area contributed by atoms with Crippen molar-refractivity contribution < 1.29 is 23.8 Å². The summed E-state index contributed by atoms with van der Waals surface area (Å²) in [5, 5.41) is 5.47. The van der Waals surface area contributed by atoms with Crippen molar-refractivity contribution in [3.05, 3.63) is 70.2 Å². The van der Waals surface area contributed by atoms with Crippen LogP contribution in [0.25, 0.3) is 0 Å². The van der Waals surface area contributed by atoms with Gasteiger partial charge in [-0.15, -0.1) is 11.3 Å². The van der Waals surface area contributed by atoms with E-state index in [4.69, 9.17) is 14.2 Å². The van der Waals surface area contributed by atoms with Crippen LogP contribution in [0.15, 0.2) is 53.9 Å². The number of hydrogen-bond acceptors (Lipinski definition) is 7. The zero-order valence-corrected chi connectivity index (χ0v) is 18.2. The van der Waals surface area contributed by atoms with E-state index in [1.54, 1.807) is 31.2 Å². The fourth-order valence-corrected chi connectivity index (χ4v) is 3.36. The molecule has 0 unspecified atom stereocenters. The molecule has 31 heavy (non-hydrogen) atoms. The number of hydrogen-bond donors (Lipinski definition) is 1. The first kappa shape index (κ1) is 22.3. The number of rotatable bonds is 10. The van der Waals surface area contributed by atoms with E-state index in [1.807, 2.05) is 36.6 Å². The fraction of sp³-hybridized carbons (Fsp3) is 0.261. The van der Waals surface area contributed by atoms with Crippen LogP contribution in [0.2, 0.25) is 0 Å². The number of anilines is 1. The summed E-state index contributed by atoms with van der Waals surface area (Å²) in [5.74, 6) is 0.613. The molecule has 0 bridgehead atoms. The standard InChI is InChI=1S/C23H24N2O5S/c1-3-28-23(27)14-30-20-6-4-5-17(11-20)24-21(26)12-18-15-31-22(25-18)13-29-19-9-7-16(2)8-10-19/h4-11,15H,3,12-14H2,1-2H3,(H,24,26). The highest BCUT2D eigenvalue weighted by atomic mass is 32.1. The van der Waals surface area contributed by atoms with Gasteiger partial charge in [0.15, 0.2) is 6.61 Å². The Hall–Kier alpha value is -3.39. The molecule has 0 saturated carbocycles. The van der Waals surface area contributed by atoms with Gasteiger partial charge in [0.2, 0.25) is 5.91 Å². The summed E-state index contributed by atoms with van der Waals surface area (Å²) in [5.41, 5.74) is 2.43. The summed E-state index contributed by atoms with van der Waals surface area (Å²) in [4.78, 5) is 28.2.